The molecule has 0 aromatic heterocycles. The molecule has 4 nitrogen and oxygen atoms in total. The van der Waals surface area contributed by atoms with Gasteiger partial charge in [-0.2, -0.15) is 0 Å². The lowest BCUT2D eigenvalue weighted by Gasteiger charge is -2.02. The maximum atomic E-state index is 10.7. The van der Waals surface area contributed by atoms with Crippen LogP contribution in [-0.4, -0.2) is 19.1 Å². The van der Waals surface area contributed by atoms with Crippen LogP contribution in [0.5, 0.6) is 0 Å². The van der Waals surface area contributed by atoms with Crippen molar-refractivity contribution in [3.05, 3.63) is 0 Å². The van der Waals surface area contributed by atoms with Gasteiger partial charge in [0.15, 0.2) is 0 Å². The van der Waals surface area contributed by atoms with E-state index in [1.54, 1.807) is 0 Å². The zero-order chi connectivity index (χ0) is 6.69. The predicted molar refractivity (Wildman–Crippen MR) is 31.3 cm³/mol. The smallest absolute Gasteiger partial charge is 0.239 e. The lowest BCUT2D eigenvalue weighted by Crippen LogP contribution is -2.36. The maximum absolute atomic E-state index is 10.7. The quantitative estimate of drug-likeness (QED) is 0.272. The number of hydrazine groups is 1. The molecule has 0 radical (unpaired) electrons. The van der Waals surface area contributed by atoms with Gasteiger partial charge in [-0.3, -0.25) is 10.2 Å². The Labute approximate surface area is 53.3 Å². The summed E-state index contributed by atoms with van der Waals surface area (Å²) < 4.78 is 4.96. The van der Waals surface area contributed by atoms with Crippen LogP contribution in [0.3, 0.4) is 0 Å². The first-order valence-electron chi connectivity index (χ1n) is 2.93. The summed E-state index contributed by atoms with van der Waals surface area (Å²) >= 11 is 0. The largest absolute Gasteiger partial charge is 0.381 e. The van der Waals surface area contributed by atoms with Crippen LogP contribution in [-0.2, 0) is 9.53 Å². The van der Waals surface area contributed by atoms with E-state index in [-0.39, 0.29) is 11.8 Å². The Kier molecular flexibility index (Phi) is 2.02. The first-order valence-corrected chi connectivity index (χ1v) is 2.93. The Morgan fingerprint density at radius 1 is 1.78 bits per heavy atom. The molecule has 0 aromatic carbocycles. The second-order valence-corrected chi connectivity index (χ2v) is 2.07. The number of nitrogens with one attached hydrogen (secondary N) is 1. The van der Waals surface area contributed by atoms with Crippen molar-refractivity contribution in [2.45, 2.75) is 6.42 Å². The molecule has 3 N–H and O–H groups in total. The number of carbonyl (C=O) groups is 1. The van der Waals surface area contributed by atoms with Crippen molar-refractivity contribution >= 4 is 5.91 Å². The predicted octanol–water partition coefficient (Wildman–Crippen LogP) is -0.987. The van der Waals surface area contributed by atoms with Crippen molar-refractivity contribution in [1.29, 1.82) is 0 Å². The SMILES string of the molecule is NNC(=O)C1CCOC1. The summed E-state index contributed by atoms with van der Waals surface area (Å²) in [5.74, 6) is 4.76. The van der Waals surface area contributed by atoms with E-state index >= 15 is 0 Å². The summed E-state index contributed by atoms with van der Waals surface area (Å²) in [5.41, 5.74) is 2.09. The third-order valence-corrected chi connectivity index (χ3v) is 1.44. The Balaban J connectivity index is 2.32. The summed E-state index contributed by atoms with van der Waals surface area (Å²) in [6.45, 7) is 1.20. The summed E-state index contributed by atoms with van der Waals surface area (Å²) in [4.78, 5) is 10.7. The Morgan fingerprint density at radius 2 is 2.56 bits per heavy atom. The molecule has 0 aliphatic carbocycles. The second kappa shape index (κ2) is 2.80. The molecule has 1 amide bonds. The topological polar surface area (TPSA) is 64.3 Å². The lowest BCUT2D eigenvalue weighted by molar-refractivity contribution is -0.125. The monoisotopic (exact) mass is 130 g/mol. The highest BCUT2D eigenvalue weighted by molar-refractivity contribution is 5.78. The van der Waals surface area contributed by atoms with E-state index in [0.717, 1.165) is 6.42 Å². The summed E-state index contributed by atoms with van der Waals surface area (Å²) in [7, 11) is 0. The van der Waals surface area contributed by atoms with E-state index in [0.29, 0.717) is 13.2 Å². The molecule has 1 rings (SSSR count). The normalized spacial score (nSPS) is 26.1. The van der Waals surface area contributed by atoms with Gasteiger partial charge in [0.1, 0.15) is 0 Å². The molecule has 0 aromatic rings. The molecule has 1 aliphatic rings. The number of hydrogen-bond donors (Lipinski definition) is 2. The molecular weight excluding hydrogens is 120 g/mol. The molecular formula is C5H10N2O2. The lowest BCUT2D eigenvalue weighted by atomic mass is 10.1. The van der Waals surface area contributed by atoms with Gasteiger partial charge in [0, 0.05) is 6.61 Å². The zero-order valence-electron chi connectivity index (χ0n) is 5.09. The zero-order valence-corrected chi connectivity index (χ0v) is 5.09. The average molecular weight is 130 g/mol. The first-order chi connectivity index (χ1) is 4.34. The van der Waals surface area contributed by atoms with Gasteiger partial charge in [0.05, 0.1) is 12.5 Å². The highest BCUT2D eigenvalue weighted by atomic mass is 16.5. The van der Waals surface area contributed by atoms with Crippen molar-refractivity contribution in [1.82, 2.24) is 5.43 Å². The second-order valence-electron chi connectivity index (χ2n) is 2.07. The average Bonchev–Trinajstić information content (AvgIpc) is 2.37. The van der Waals surface area contributed by atoms with Gasteiger partial charge < -0.3 is 4.74 Å². The van der Waals surface area contributed by atoms with Crippen LogP contribution in [0, 0.1) is 5.92 Å². The maximum Gasteiger partial charge on any atom is 0.239 e. The first kappa shape index (κ1) is 6.51. The molecule has 9 heavy (non-hydrogen) atoms. The van der Waals surface area contributed by atoms with Crippen LogP contribution >= 0.6 is 0 Å². The van der Waals surface area contributed by atoms with Gasteiger partial charge in [0.25, 0.3) is 0 Å². The highest BCUT2D eigenvalue weighted by Gasteiger charge is 2.22. The highest BCUT2D eigenvalue weighted by Crippen LogP contribution is 2.10. The molecule has 0 spiro atoms. The Hall–Kier alpha value is -0.610. The van der Waals surface area contributed by atoms with Crippen LogP contribution in [0.1, 0.15) is 6.42 Å². The van der Waals surface area contributed by atoms with Crippen molar-refractivity contribution in [2.75, 3.05) is 13.2 Å². The minimum Gasteiger partial charge on any atom is -0.381 e. The standard InChI is InChI=1S/C5H10N2O2/c6-7-5(8)4-1-2-9-3-4/h4H,1-3,6H2,(H,7,8). The molecule has 1 fully saturated rings. The van der Waals surface area contributed by atoms with Gasteiger partial charge >= 0.3 is 0 Å². The van der Waals surface area contributed by atoms with Gasteiger partial charge in [-0.05, 0) is 6.42 Å². The fourth-order valence-corrected chi connectivity index (χ4v) is 0.859. The number of rotatable bonds is 1. The molecule has 4 heteroatoms. The fraction of sp³-hybridized carbons (Fsp3) is 0.800. The van der Waals surface area contributed by atoms with Gasteiger partial charge in [0.2, 0.25) is 5.91 Å². The van der Waals surface area contributed by atoms with Crippen molar-refractivity contribution in [2.24, 2.45) is 11.8 Å². The molecule has 0 saturated carbocycles. The van der Waals surface area contributed by atoms with Crippen LogP contribution in [0.2, 0.25) is 0 Å². The van der Waals surface area contributed by atoms with Crippen molar-refractivity contribution < 1.29 is 9.53 Å². The van der Waals surface area contributed by atoms with Gasteiger partial charge in [-0.1, -0.05) is 0 Å². The van der Waals surface area contributed by atoms with E-state index in [1.165, 1.54) is 0 Å². The molecule has 52 valence electrons. The molecule has 1 unspecified atom stereocenters. The minimum absolute atomic E-state index is 0.0185. The number of nitrogens with two attached hydrogens (primary N) is 1. The van der Waals surface area contributed by atoms with E-state index < -0.39 is 0 Å². The van der Waals surface area contributed by atoms with Crippen molar-refractivity contribution in [3.63, 3.8) is 0 Å². The summed E-state index contributed by atoms with van der Waals surface area (Å²) in [6.07, 6.45) is 0.795. The van der Waals surface area contributed by atoms with Crippen LogP contribution in [0.25, 0.3) is 0 Å². The minimum atomic E-state index is -0.118. The molecule has 1 aliphatic heterocycles. The van der Waals surface area contributed by atoms with Crippen LogP contribution in [0.15, 0.2) is 0 Å². The van der Waals surface area contributed by atoms with E-state index in [1.807, 2.05) is 0 Å². The fourth-order valence-electron chi connectivity index (χ4n) is 0.859. The summed E-state index contributed by atoms with van der Waals surface area (Å²) in [6, 6.07) is 0. The number of ether oxygens (including phenoxy) is 1. The molecule has 1 atom stereocenters. The number of carbonyl (C=O) groups excluding carboxylic acids is 1. The number of hydrogen-bond acceptors (Lipinski definition) is 3. The van der Waals surface area contributed by atoms with E-state index in [9.17, 15) is 4.79 Å². The Bertz CT molecular complexity index is 110. The van der Waals surface area contributed by atoms with Crippen LogP contribution < -0.4 is 11.3 Å². The van der Waals surface area contributed by atoms with E-state index in [4.69, 9.17) is 10.6 Å². The van der Waals surface area contributed by atoms with Gasteiger partial charge in [-0.15, -0.1) is 0 Å². The van der Waals surface area contributed by atoms with Gasteiger partial charge in [-0.25, -0.2) is 5.84 Å². The summed E-state index contributed by atoms with van der Waals surface area (Å²) in [5, 5.41) is 0. The molecule has 0 bridgehead atoms. The van der Waals surface area contributed by atoms with Crippen LogP contribution in [0.4, 0.5) is 0 Å². The third-order valence-electron chi connectivity index (χ3n) is 1.44. The van der Waals surface area contributed by atoms with Crippen molar-refractivity contribution in [3.8, 4) is 0 Å². The van der Waals surface area contributed by atoms with E-state index in [2.05, 4.69) is 5.43 Å². The third kappa shape index (κ3) is 1.40. The molecule has 1 heterocycles. The Morgan fingerprint density at radius 3 is 3.00 bits per heavy atom. The number of amides is 1. The molecule has 1 saturated heterocycles.